The fourth-order valence-electron chi connectivity index (χ4n) is 1.00. The monoisotopic (exact) mass is 233 g/mol. The van der Waals surface area contributed by atoms with Crippen LogP contribution in [0.4, 0.5) is 0 Å². The van der Waals surface area contributed by atoms with E-state index < -0.39 is 0 Å². The molecule has 0 aromatic carbocycles. The van der Waals surface area contributed by atoms with Crippen LogP contribution in [0.15, 0.2) is 0 Å². The molecule has 3 N–H and O–H groups in total. The number of amides is 1. The molecule has 0 aromatic heterocycles. The third kappa shape index (κ3) is 7.24. The van der Waals surface area contributed by atoms with Crippen LogP contribution in [0, 0.1) is 0 Å². The van der Waals surface area contributed by atoms with E-state index in [1.54, 1.807) is 23.9 Å². The largest absolute Gasteiger partial charge is 0.395 e. The second-order valence-corrected chi connectivity index (χ2v) is 4.02. The Hall–Kier alpha value is -0.720. The van der Waals surface area contributed by atoms with Crippen molar-refractivity contribution in [1.82, 2.24) is 9.80 Å². The van der Waals surface area contributed by atoms with E-state index >= 15 is 0 Å². The Morgan fingerprint density at radius 2 is 2.00 bits per heavy atom. The highest BCUT2D eigenvalue weighted by molar-refractivity contribution is 7.80. The predicted molar refractivity (Wildman–Crippen MR) is 63.6 cm³/mol. The van der Waals surface area contributed by atoms with E-state index in [-0.39, 0.29) is 12.5 Å². The van der Waals surface area contributed by atoms with Crippen LogP contribution in [0.2, 0.25) is 0 Å². The zero-order valence-corrected chi connectivity index (χ0v) is 10.1. The molecule has 0 fully saturated rings. The van der Waals surface area contributed by atoms with Crippen LogP contribution in [0.5, 0.6) is 0 Å². The van der Waals surface area contributed by atoms with Crippen LogP contribution >= 0.6 is 12.2 Å². The molecule has 0 unspecified atom stereocenters. The number of likely N-dealkylation sites (N-methyl/N-ethyl adjacent to an activating group) is 2. The Bertz CT molecular complexity index is 223. The molecule has 6 heteroatoms. The van der Waals surface area contributed by atoms with Crippen molar-refractivity contribution in [1.29, 1.82) is 0 Å². The minimum absolute atomic E-state index is 0.00204. The van der Waals surface area contributed by atoms with Gasteiger partial charge in [0.05, 0.1) is 18.1 Å². The lowest BCUT2D eigenvalue weighted by Crippen LogP contribution is -2.38. The first-order chi connectivity index (χ1) is 6.97. The maximum atomic E-state index is 11.6. The zero-order valence-electron chi connectivity index (χ0n) is 9.27. The van der Waals surface area contributed by atoms with E-state index in [4.69, 9.17) is 23.1 Å². The van der Waals surface area contributed by atoms with Crippen molar-refractivity contribution in [2.75, 3.05) is 40.3 Å². The van der Waals surface area contributed by atoms with E-state index in [1.165, 1.54) is 0 Å². The summed E-state index contributed by atoms with van der Waals surface area (Å²) in [5.74, 6) is 0.00204. The van der Waals surface area contributed by atoms with Crippen molar-refractivity contribution in [3.63, 3.8) is 0 Å². The lowest BCUT2D eigenvalue weighted by molar-refractivity contribution is -0.130. The summed E-state index contributed by atoms with van der Waals surface area (Å²) in [4.78, 5) is 15.3. The summed E-state index contributed by atoms with van der Waals surface area (Å²) in [7, 11) is 3.50. The predicted octanol–water partition coefficient (Wildman–Crippen LogP) is -0.955. The highest BCUT2D eigenvalue weighted by atomic mass is 32.1. The first-order valence-corrected chi connectivity index (χ1v) is 5.20. The Balaban J connectivity index is 3.82. The second-order valence-electron chi connectivity index (χ2n) is 3.49. The first-order valence-electron chi connectivity index (χ1n) is 4.79. The molecule has 5 nitrogen and oxygen atoms in total. The second kappa shape index (κ2) is 7.56. The van der Waals surface area contributed by atoms with Gasteiger partial charge in [0.2, 0.25) is 5.91 Å². The lowest BCUT2D eigenvalue weighted by Gasteiger charge is -2.21. The fourth-order valence-corrected chi connectivity index (χ4v) is 1.10. The molecule has 15 heavy (non-hydrogen) atoms. The molecule has 1 amide bonds. The number of carbonyl (C=O) groups is 1. The Labute approximate surface area is 95.8 Å². The summed E-state index contributed by atoms with van der Waals surface area (Å²) in [6, 6.07) is 0. The number of nitrogens with two attached hydrogens (primary N) is 1. The minimum atomic E-state index is 0.00204. The molecular weight excluding hydrogens is 214 g/mol. The van der Waals surface area contributed by atoms with Gasteiger partial charge in [-0.05, 0) is 7.05 Å². The van der Waals surface area contributed by atoms with Crippen LogP contribution < -0.4 is 5.73 Å². The lowest BCUT2D eigenvalue weighted by atomic mass is 10.3. The highest BCUT2D eigenvalue weighted by Gasteiger charge is 2.10. The zero-order chi connectivity index (χ0) is 11.8. The number of aliphatic hydroxyl groups excluding tert-OH is 1. The standard InChI is InChI=1S/C9H19N3O2S/c1-11(5-6-13)7-9(14)12(2)4-3-8(10)15/h13H,3-7H2,1-2H3,(H2,10,15). The Morgan fingerprint density at radius 3 is 2.47 bits per heavy atom. The number of aliphatic hydroxyl groups is 1. The van der Waals surface area contributed by atoms with Crippen LogP contribution in [0.1, 0.15) is 6.42 Å². The van der Waals surface area contributed by atoms with E-state index in [9.17, 15) is 4.79 Å². The van der Waals surface area contributed by atoms with Crippen molar-refractivity contribution in [2.45, 2.75) is 6.42 Å². The summed E-state index contributed by atoms with van der Waals surface area (Å²) in [5, 5.41) is 8.66. The van der Waals surface area contributed by atoms with Crippen LogP contribution in [0.25, 0.3) is 0 Å². The molecule has 0 atom stereocenters. The SMILES string of the molecule is CN(CCO)CC(=O)N(C)CCC(N)=S. The van der Waals surface area contributed by atoms with Gasteiger partial charge in [-0.1, -0.05) is 12.2 Å². The smallest absolute Gasteiger partial charge is 0.236 e. The van der Waals surface area contributed by atoms with Gasteiger partial charge in [-0.2, -0.15) is 0 Å². The van der Waals surface area contributed by atoms with Gasteiger partial charge in [-0.3, -0.25) is 9.69 Å². The molecule has 0 saturated heterocycles. The van der Waals surface area contributed by atoms with Crippen molar-refractivity contribution in [3.8, 4) is 0 Å². The topological polar surface area (TPSA) is 69.8 Å². The van der Waals surface area contributed by atoms with Gasteiger partial charge >= 0.3 is 0 Å². The molecule has 0 aliphatic rings. The maximum absolute atomic E-state index is 11.6. The number of carbonyl (C=O) groups excluding carboxylic acids is 1. The van der Waals surface area contributed by atoms with Gasteiger partial charge in [0.1, 0.15) is 0 Å². The summed E-state index contributed by atoms with van der Waals surface area (Å²) in [6.45, 7) is 1.39. The molecule has 0 aliphatic heterocycles. The molecular formula is C9H19N3O2S. The average molecular weight is 233 g/mol. The minimum Gasteiger partial charge on any atom is -0.395 e. The number of hydrogen-bond acceptors (Lipinski definition) is 4. The van der Waals surface area contributed by atoms with E-state index in [2.05, 4.69) is 0 Å². The van der Waals surface area contributed by atoms with Gasteiger partial charge in [0, 0.05) is 26.6 Å². The number of hydrogen-bond donors (Lipinski definition) is 2. The van der Waals surface area contributed by atoms with E-state index in [0.29, 0.717) is 31.0 Å². The number of rotatable bonds is 7. The molecule has 88 valence electrons. The third-order valence-corrected chi connectivity index (χ3v) is 2.21. The van der Waals surface area contributed by atoms with Gasteiger partial charge < -0.3 is 15.7 Å². The molecule has 0 aliphatic carbocycles. The van der Waals surface area contributed by atoms with Crippen molar-refractivity contribution >= 4 is 23.1 Å². The molecule has 0 saturated carbocycles. The fraction of sp³-hybridized carbons (Fsp3) is 0.778. The van der Waals surface area contributed by atoms with Crippen molar-refractivity contribution < 1.29 is 9.90 Å². The molecule has 0 radical (unpaired) electrons. The summed E-state index contributed by atoms with van der Waals surface area (Å²) in [6.07, 6.45) is 0.543. The van der Waals surface area contributed by atoms with E-state index in [1.807, 2.05) is 0 Å². The Morgan fingerprint density at radius 1 is 1.40 bits per heavy atom. The van der Waals surface area contributed by atoms with Gasteiger partial charge in [-0.15, -0.1) is 0 Å². The van der Waals surface area contributed by atoms with Gasteiger partial charge in [0.25, 0.3) is 0 Å². The van der Waals surface area contributed by atoms with Crippen LogP contribution in [0.3, 0.4) is 0 Å². The van der Waals surface area contributed by atoms with E-state index in [0.717, 1.165) is 0 Å². The molecule has 0 aromatic rings. The van der Waals surface area contributed by atoms with Crippen LogP contribution in [-0.4, -0.2) is 66.1 Å². The van der Waals surface area contributed by atoms with Crippen molar-refractivity contribution in [3.05, 3.63) is 0 Å². The average Bonchev–Trinajstić information content (AvgIpc) is 2.14. The van der Waals surface area contributed by atoms with Crippen molar-refractivity contribution in [2.24, 2.45) is 5.73 Å². The third-order valence-electron chi connectivity index (χ3n) is 2.01. The normalized spacial score (nSPS) is 10.4. The first kappa shape index (κ1) is 14.3. The summed E-state index contributed by atoms with van der Waals surface area (Å²) >= 11 is 4.73. The van der Waals surface area contributed by atoms with Crippen LogP contribution in [-0.2, 0) is 4.79 Å². The highest BCUT2D eigenvalue weighted by Crippen LogP contribution is 1.92. The molecule has 0 heterocycles. The number of thiocarbonyl (C=S) groups is 1. The Kier molecular flexibility index (Phi) is 7.19. The molecule has 0 rings (SSSR count). The summed E-state index contributed by atoms with van der Waals surface area (Å²) in [5.41, 5.74) is 5.34. The number of nitrogens with zero attached hydrogens (tertiary/aromatic N) is 2. The quantitative estimate of drug-likeness (QED) is 0.555. The van der Waals surface area contributed by atoms with Gasteiger partial charge in [-0.25, -0.2) is 0 Å². The maximum Gasteiger partial charge on any atom is 0.236 e. The van der Waals surface area contributed by atoms with Gasteiger partial charge in [0.15, 0.2) is 0 Å². The molecule has 0 spiro atoms. The molecule has 0 bridgehead atoms. The summed E-state index contributed by atoms with van der Waals surface area (Å²) < 4.78 is 0.